The molecule has 1 aliphatic rings. The zero-order valence-electron chi connectivity index (χ0n) is 8.07. The predicted octanol–water partition coefficient (Wildman–Crippen LogP) is 1.71. The maximum Gasteiger partial charge on any atom is 0.229 e. The van der Waals surface area contributed by atoms with Crippen molar-refractivity contribution < 1.29 is 9.53 Å². The first-order chi connectivity index (χ1) is 7.25. The predicted molar refractivity (Wildman–Crippen MR) is 56.8 cm³/mol. The van der Waals surface area contributed by atoms with E-state index in [1.165, 1.54) is 0 Å². The highest BCUT2D eigenvalue weighted by Gasteiger charge is 2.23. The first kappa shape index (κ1) is 10.4. The van der Waals surface area contributed by atoms with Gasteiger partial charge in [0.25, 0.3) is 0 Å². The molecule has 80 valence electrons. The third kappa shape index (κ3) is 2.67. The molecule has 1 atom stereocenters. The first-order valence-corrected chi connectivity index (χ1v) is 5.13. The van der Waals surface area contributed by atoms with E-state index in [1.54, 1.807) is 18.3 Å². The lowest BCUT2D eigenvalue weighted by molar-refractivity contribution is -0.119. The molecule has 2 heterocycles. The van der Waals surface area contributed by atoms with Gasteiger partial charge in [0.2, 0.25) is 5.91 Å². The third-order valence-corrected chi connectivity index (χ3v) is 2.50. The molecule has 5 heteroatoms. The first-order valence-electron chi connectivity index (χ1n) is 4.76. The number of halogens is 1. The maximum absolute atomic E-state index is 11.7. The van der Waals surface area contributed by atoms with Gasteiger partial charge in [-0.15, -0.1) is 0 Å². The Morgan fingerprint density at radius 3 is 3.20 bits per heavy atom. The standard InChI is InChI=1S/C10H11ClN2O2/c11-9-5-8(1-3-12-9)13-10(14)7-2-4-15-6-7/h1,3,5,7H,2,4,6H2,(H,12,13,14)/t7-/m1/s1. The Balaban J connectivity index is 1.99. The number of anilines is 1. The van der Waals surface area contributed by atoms with E-state index in [9.17, 15) is 4.79 Å². The van der Waals surface area contributed by atoms with Gasteiger partial charge >= 0.3 is 0 Å². The number of hydrogen-bond donors (Lipinski definition) is 1. The number of ether oxygens (including phenoxy) is 1. The van der Waals surface area contributed by atoms with Gasteiger partial charge in [-0.05, 0) is 18.6 Å². The minimum Gasteiger partial charge on any atom is -0.381 e. The van der Waals surface area contributed by atoms with Gasteiger partial charge in [-0.1, -0.05) is 11.6 Å². The zero-order valence-corrected chi connectivity index (χ0v) is 8.83. The summed E-state index contributed by atoms with van der Waals surface area (Å²) in [5, 5.41) is 3.15. The molecular weight excluding hydrogens is 216 g/mol. The molecule has 1 saturated heterocycles. The smallest absolute Gasteiger partial charge is 0.229 e. The van der Waals surface area contributed by atoms with Crippen LogP contribution < -0.4 is 5.32 Å². The van der Waals surface area contributed by atoms with Crippen LogP contribution in [0.5, 0.6) is 0 Å². The van der Waals surface area contributed by atoms with Gasteiger partial charge in [-0.2, -0.15) is 0 Å². The molecule has 0 unspecified atom stereocenters. The van der Waals surface area contributed by atoms with Crippen LogP contribution in [-0.4, -0.2) is 24.1 Å². The number of aromatic nitrogens is 1. The van der Waals surface area contributed by atoms with Crippen LogP contribution in [0, 0.1) is 5.92 Å². The second-order valence-electron chi connectivity index (χ2n) is 3.42. The Morgan fingerprint density at radius 2 is 2.53 bits per heavy atom. The number of amides is 1. The second kappa shape index (κ2) is 4.59. The Bertz CT molecular complexity index is 364. The van der Waals surface area contributed by atoms with E-state index < -0.39 is 0 Å². The fourth-order valence-electron chi connectivity index (χ4n) is 1.47. The van der Waals surface area contributed by atoms with Crippen LogP contribution in [0.15, 0.2) is 18.3 Å². The number of carbonyl (C=O) groups is 1. The molecule has 1 aromatic heterocycles. The van der Waals surface area contributed by atoms with Gasteiger partial charge in [-0.25, -0.2) is 4.98 Å². The lowest BCUT2D eigenvalue weighted by atomic mass is 10.1. The van der Waals surface area contributed by atoms with Gasteiger partial charge in [0.05, 0.1) is 12.5 Å². The van der Waals surface area contributed by atoms with E-state index in [0.717, 1.165) is 6.42 Å². The zero-order chi connectivity index (χ0) is 10.7. The molecule has 1 aliphatic heterocycles. The highest BCUT2D eigenvalue weighted by atomic mass is 35.5. The highest BCUT2D eigenvalue weighted by molar-refractivity contribution is 6.29. The molecule has 1 aromatic rings. The van der Waals surface area contributed by atoms with Crippen molar-refractivity contribution in [3.63, 3.8) is 0 Å². The Morgan fingerprint density at radius 1 is 1.67 bits per heavy atom. The third-order valence-electron chi connectivity index (χ3n) is 2.29. The Kier molecular flexibility index (Phi) is 3.18. The number of hydrogen-bond acceptors (Lipinski definition) is 3. The van der Waals surface area contributed by atoms with Crippen LogP contribution >= 0.6 is 11.6 Å². The maximum atomic E-state index is 11.7. The van der Waals surface area contributed by atoms with Crippen LogP contribution in [0.4, 0.5) is 5.69 Å². The van der Waals surface area contributed by atoms with E-state index in [-0.39, 0.29) is 11.8 Å². The van der Waals surface area contributed by atoms with Crippen LogP contribution in [0.3, 0.4) is 0 Å². The van der Waals surface area contributed by atoms with Gasteiger partial charge in [0.15, 0.2) is 0 Å². The molecule has 1 fully saturated rings. The van der Waals surface area contributed by atoms with Gasteiger partial charge < -0.3 is 10.1 Å². The van der Waals surface area contributed by atoms with Crippen LogP contribution in [-0.2, 0) is 9.53 Å². The van der Waals surface area contributed by atoms with E-state index >= 15 is 0 Å². The minimum atomic E-state index is -0.0445. The fourth-order valence-corrected chi connectivity index (χ4v) is 1.64. The molecule has 15 heavy (non-hydrogen) atoms. The Labute approximate surface area is 92.6 Å². The monoisotopic (exact) mass is 226 g/mol. The van der Waals surface area contributed by atoms with E-state index in [0.29, 0.717) is 24.1 Å². The van der Waals surface area contributed by atoms with E-state index in [1.807, 2.05) is 0 Å². The SMILES string of the molecule is O=C(Nc1ccnc(Cl)c1)[C@@H]1CCOC1. The number of nitrogens with one attached hydrogen (secondary N) is 1. The average Bonchev–Trinajstić information content (AvgIpc) is 2.70. The van der Waals surface area contributed by atoms with Crippen molar-refractivity contribution in [2.75, 3.05) is 18.5 Å². The quantitative estimate of drug-likeness (QED) is 0.782. The molecule has 0 aromatic carbocycles. The lowest BCUT2D eigenvalue weighted by Gasteiger charge is -2.08. The molecular formula is C10H11ClN2O2. The summed E-state index contributed by atoms with van der Waals surface area (Å²) in [6, 6.07) is 3.33. The summed E-state index contributed by atoms with van der Waals surface area (Å²) in [5.74, 6) is -0.0632. The summed E-state index contributed by atoms with van der Waals surface area (Å²) in [6.45, 7) is 1.17. The molecule has 2 rings (SSSR count). The van der Waals surface area contributed by atoms with E-state index in [4.69, 9.17) is 16.3 Å². The number of carbonyl (C=O) groups excluding carboxylic acids is 1. The lowest BCUT2D eigenvalue weighted by Crippen LogP contribution is -2.22. The van der Waals surface area contributed by atoms with Gasteiger partial charge in [-0.3, -0.25) is 4.79 Å². The molecule has 0 saturated carbocycles. The van der Waals surface area contributed by atoms with Crippen molar-refractivity contribution in [3.05, 3.63) is 23.5 Å². The van der Waals surface area contributed by atoms with E-state index in [2.05, 4.69) is 10.3 Å². The summed E-state index contributed by atoms with van der Waals surface area (Å²) >= 11 is 5.70. The highest BCUT2D eigenvalue weighted by Crippen LogP contribution is 2.17. The fraction of sp³-hybridized carbons (Fsp3) is 0.400. The van der Waals surface area contributed by atoms with Crippen molar-refractivity contribution in [2.24, 2.45) is 5.92 Å². The van der Waals surface area contributed by atoms with Crippen molar-refractivity contribution >= 4 is 23.2 Å². The van der Waals surface area contributed by atoms with Gasteiger partial charge in [0, 0.05) is 18.5 Å². The summed E-state index contributed by atoms with van der Waals surface area (Å²) in [5.41, 5.74) is 0.673. The molecule has 0 radical (unpaired) electrons. The van der Waals surface area contributed by atoms with Gasteiger partial charge in [0.1, 0.15) is 5.15 Å². The number of nitrogens with zero attached hydrogens (tertiary/aromatic N) is 1. The van der Waals surface area contributed by atoms with Crippen molar-refractivity contribution in [2.45, 2.75) is 6.42 Å². The number of rotatable bonds is 2. The Hall–Kier alpha value is -1.13. The molecule has 1 amide bonds. The van der Waals surface area contributed by atoms with Crippen molar-refractivity contribution in [3.8, 4) is 0 Å². The summed E-state index contributed by atoms with van der Waals surface area (Å²) < 4.78 is 5.14. The molecule has 4 nitrogen and oxygen atoms in total. The van der Waals surface area contributed by atoms with Crippen LogP contribution in [0.25, 0.3) is 0 Å². The van der Waals surface area contributed by atoms with Crippen molar-refractivity contribution in [1.82, 2.24) is 4.98 Å². The molecule has 0 bridgehead atoms. The molecule has 0 aliphatic carbocycles. The average molecular weight is 227 g/mol. The van der Waals surface area contributed by atoms with Crippen LogP contribution in [0.2, 0.25) is 5.15 Å². The molecule has 1 N–H and O–H groups in total. The van der Waals surface area contributed by atoms with Crippen LogP contribution in [0.1, 0.15) is 6.42 Å². The van der Waals surface area contributed by atoms with Crippen molar-refractivity contribution in [1.29, 1.82) is 0 Å². The number of pyridine rings is 1. The minimum absolute atomic E-state index is 0.0187. The summed E-state index contributed by atoms with van der Waals surface area (Å²) in [6.07, 6.45) is 2.34. The largest absolute Gasteiger partial charge is 0.381 e. The normalized spacial score (nSPS) is 20.2. The summed E-state index contributed by atoms with van der Waals surface area (Å²) in [4.78, 5) is 15.5. The topological polar surface area (TPSA) is 51.2 Å². The second-order valence-corrected chi connectivity index (χ2v) is 3.80. The molecule has 0 spiro atoms. The summed E-state index contributed by atoms with van der Waals surface area (Å²) in [7, 11) is 0.